The average Bonchev–Trinajstić information content (AvgIpc) is 3.16. The van der Waals surface area contributed by atoms with Crippen molar-refractivity contribution in [2.24, 2.45) is 0 Å². The average molecular weight is 360 g/mol. The molecule has 6 heteroatoms. The number of carbonyl (C=O) groups excluding carboxylic acids is 1. The summed E-state index contributed by atoms with van der Waals surface area (Å²) in [5, 5.41) is 3.54. The van der Waals surface area contributed by atoms with E-state index in [1.165, 1.54) is 11.3 Å². The van der Waals surface area contributed by atoms with E-state index >= 15 is 0 Å². The van der Waals surface area contributed by atoms with Crippen LogP contribution in [0.4, 0.5) is 5.13 Å². The number of methoxy groups -OCH3 is 1. The number of nitrogens with one attached hydrogen (secondary N) is 1. The van der Waals surface area contributed by atoms with Gasteiger partial charge in [0, 0.05) is 17.0 Å². The van der Waals surface area contributed by atoms with Crippen LogP contribution in [0.3, 0.4) is 0 Å². The lowest BCUT2D eigenvalue weighted by Gasteiger charge is -2.20. The molecule has 1 fully saturated rings. The van der Waals surface area contributed by atoms with E-state index in [2.05, 4.69) is 16.4 Å². The van der Waals surface area contributed by atoms with E-state index in [1.54, 1.807) is 7.11 Å². The van der Waals surface area contributed by atoms with E-state index < -0.39 is 5.60 Å². The Hall–Kier alpha value is -1.92. The first-order valence-electron chi connectivity index (χ1n) is 8.42. The molecular weight excluding hydrogens is 336 g/mol. The molecule has 2 aromatic rings. The fourth-order valence-corrected chi connectivity index (χ4v) is 3.97. The first-order chi connectivity index (χ1) is 11.8. The summed E-state index contributed by atoms with van der Waals surface area (Å²) < 4.78 is 11.0. The number of carbonyl (C=O) groups is 1. The molecular formula is C19H24N2O3S. The van der Waals surface area contributed by atoms with Crippen molar-refractivity contribution in [1.82, 2.24) is 4.98 Å². The van der Waals surface area contributed by atoms with Gasteiger partial charge in [-0.25, -0.2) is 4.98 Å². The monoisotopic (exact) mass is 360 g/mol. The lowest BCUT2D eigenvalue weighted by molar-refractivity contribution is -0.133. The molecule has 5 nitrogen and oxygen atoms in total. The highest BCUT2D eigenvalue weighted by Gasteiger charge is 2.38. The fourth-order valence-electron chi connectivity index (χ4n) is 3.15. The molecule has 1 aliphatic rings. The molecule has 0 spiro atoms. The van der Waals surface area contributed by atoms with Crippen molar-refractivity contribution in [2.75, 3.05) is 19.0 Å². The van der Waals surface area contributed by atoms with E-state index in [0.717, 1.165) is 45.9 Å². The van der Waals surface area contributed by atoms with Crippen LogP contribution in [0, 0.1) is 20.8 Å². The third kappa shape index (κ3) is 3.41. The zero-order valence-corrected chi connectivity index (χ0v) is 16.2. The number of ether oxygens (including phenoxy) is 2. The van der Waals surface area contributed by atoms with E-state index in [-0.39, 0.29) is 5.91 Å². The zero-order chi connectivity index (χ0) is 18.2. The highest BCUT2D eigenvalue weighted by atomic mass is 32.1. The SMILES string of the molecule is COc1cc(C)c(-c2nc(NC(=O)C3(C)CCCO3)sc2C)cc1C. The van der Waals surface area contributed by atoms with Gasteiger partial charge in [0.2, 0.25) is 0 Å². The molecule has 0 saturated carbocycles. The molecule has 0 radical (unpaired) electrons. The van der Waals surface area contributed by atoms with Gasteiger partial charge in [-0.3, -0.25) is 10.1 Å². The Morgan fingerprint density at radius 1 is 1.32 bits per heavy atom. The number of hydrogen-bond donors (Lipinski definition) is 1. The van der Waals surface area contributed by atoms with Gasteiger partial charge in [0.25, 0.3) is 5.91 Å². The van der Waals surface area contributed by atoms with Crippen LogP contribution in [-0.4, -0.2) is 30.2 Å². The maximum absolute atomic E-state index is 12.5. The highest BCUT2D eigenvalue weighted by molar-refractivity contribution is 7.16. The summed E-state index contributed by atoms with van der Waals surface area (Å²) in [7, 11) is 1.68. The van der Waals surface area contributed by atoms with Gasteiger partial charge in [-0.05, 0) is 63.8 Å². The largest absolute Gasteiger partial charge is 0.496 e. The van der Waals surface area contributed by atoms with Crippen molar-refractivity contribution in [3.8, 4) is 17.0 Å². The minimum absolute atomic E-state index is 0.118. The number of amides is 1. The van der Waals surface area contributed by atoms with E-state index in [9.17, 15) is 4.79 Å². The Labute approximate surface area is 152 Å². The quantitative estimate of drug-likeness (QED) is 0.885. The fraction of sp³-hybridized carbons (Fsp3) is 0.474. The summed E-state index contributed by atoms with van der Waals surface area (Å²) in [6, 6.07) is 4.11. The first kappa shape index (κ1) is 17.9. The van der Waals surface area contributed by atoms with Crippen LogP contribution >= 0.6 is 11.3 Å². The molecule has 0 aliphatic carbocycles. The maximum Gasteiger partial charge on any atom is 0.258 e. The molecule has 1 saturated heterocycles. The summed E-state index contributed by atoms with van der Waals surface area (Å²) in [6.45, 7) is 8.56. The maximum atomic E-state index is 12.5. The molecule has 134 valence electrons. The van der Waals surface area contributed by atoms with Crippen LogP contribution in [0.1, 0.15) is 35.8 Å². The summed E-state index contributed by atoms with van der Waals surface area (Å²) in [5.41, 5.74) is 3.39. The number of aryl methyl sites for hydroxylation is 3. The second-order valence-electron chi connectivity index (χ2n) is 6.70. The molecule has 1 aromatic carbocycles. The molecule has 1 aromatic heterocycles. The highest BCUT2D eigenvalue weighted by Crippen LogP contribution is 2.36. The molecule has 2 heterocycles. The summed E-state index contributed by atoms with van der Waals surface area (Å²) in [5.74, 6) is 0.752. The van der Waals surface area contributed by atoms with Crippen molar-refractivity contribution in [1.29, 1.82) is 0 Å². The predicted molar refractivity (Wildman–Crippen MR) is 101 cm³/mol. The smallest absolute Gasteiger partial charge is 0.258 e. The number of thiazole rings is 1. The van der Waals surface area contributed by atoms with Crippen molar-refractivity contribution >= 4 is 22.4 Å². The number of hydrogen-bond acceptors (Lipinski definition) is 5. The Balaban J connectivity index is 1.88. The lowest BCUT2D eigenvalue weighted by atomic mass is 10.0. The normalized spacial score (nSPS) is 19.9. The Morgan fingerprint density at radius 2 is 2.08 bits per heavy atom. The number of aromatic nitrogens is 1. The van der Waals surface area contributed by atoms with Gasteiger partial charge in [-0.15, -0.1) is 11.3 Å². The van der Waals surface area contributed by atoms with Gasteiger partial charge >= 0.3 is 0 Å². The lowest BCUT2D eigenvalue weighted by Crippen LogP contribution is -2.39. The van der Waals surface area contributed by atoms with Crippen molar-refractivity contribution in [3.63, 3.8) is 0 Å². The minimum atomic E-state index is -0.744. The van der Waals surface area contributed by atoms with Gasteiger partial charge in [0.1, 0.15) is 11.4 Å². The molecule has 1 aliphatic heterocycles. The first-order valence-corrected chi connectivity index (χ1v) is 9.24. The van der Waals surface area contributed by atoms with Gasteiger partial charge in [-0.1, -0.05) is 0 Å². The predicted octanol–water partition coefficient (Wildman–Crippen LogP) is 4.25. The number of benzene rings is 1. The second-order valence-corrected chi connectivity index (χ2v) is 7.90. The van der Waals surface area contributed by atoms with Gasteiger partial charge in [0.15, 0.2) is 5.13 Å². The van der Waals surface area contributed by atoms with Crippen LogP contribution < -0.4 is 10.1 Å². The third-order valence-electron chi connectivity index (χ3n) is 4.71. The van der Waals surface area contributed by atoms with Crippen LogP contribution in [0.5, 0.6) is 5.75 Å². The molecule has 1 atom stereocenters. The molecule has 1 amide bonds. The summed E-state index contributed by atoms with van der Waals surface area (Å²) in [6.07, 6.45) is 1.66. The van der Waals surface area contributed by atoms with Crippen LogP contribution in [0.15, 0.2) is 12.1 Å². The van der Waals surface area contributed by atoms with Gasteiger partial charge < -0.3 is 9.47 Å². The van der Waals surface area contributed by atoms with Crippen LogP contribution in [0.25, 0.3) is 11.3 Å². The van der Waals surface area contributed by atoms with Crippen molar-refractivity contribution in [3.05, 3.63) is 28.1 Å². The minimum Gasteiger partial charge on any atom is -0.496 e. The van der Waals surface area contributed by atoms with Crippen LogP contribution in [-0.2, 0) is 9.53 Å². The Morgan fingerprint density at radius 3 is 2.72 bits per heavy atom. The number of anilines is 1. The molecule has 25 heavy (non-hydrogen) atoms. The van der Waals surface area contributed by atoms with Crippen LogP contribution in [0.2, 0.25) is 0 Å². The number of rotatable bonds is 4. The second kappa shape index (κ2) is 6.77. The Kier molecular flexibility index (Phi) is 4.84. The van der Waals surface area contributed by atoms with Crippen molar-refractivity contribution in [2.45, 2.75) is 46.1 Å². The topological polar surface area (TPSA) is 60.5 Å². The standard InChI is InChI=1S/C19H24N2O3S/c1-11-10-15(23-5)12(2)9-14(11)16-13(3)25-18(20-16)21-17(22)19(4)7-6-8-24-19/h9-10H,6-8H2,1-5H3,(H,20,21,22). The third-order valence-corrected chi connectivity index (χ3v) is 5.60. The molecule has 3 rings (SSSR count). The van der Waals surface area contributed by atoms with E-state index in [1.807, 2.05) is 33.8 Å². The summed E-state index contributed by atoms with van der Waals surface area (Å²) >= 11 is 1.49. The molecule has 1 unspecified atom stereocenters. The molecule has 0 bridgehead atoms. The number of nitrogens with zero attached hydrogens (tertiary/aromatic N) is 1. The van der Waals surface area contributed by atoms with Crippen molar-refractivity contribution < 1.29 is 14.3 Å². The van der Waals surface area contributed by atoms with Gasteiger partial charge in [-0.2, -0.15) is 0 Å². The molecule has 1 N–H and O–H groups in total. The zero-order valence-electron chi connectivity index (χ0n) is 15.4. The van der Waals surface area contributed by atoms with Gasteiger partial charge in [0.05, 0.1) is 12.8 Å². The van der Waals surface area contributed by atoms with E-state index in [0.29, 0.717) is 11.7 Å². The van der Waals surface area contributed by atoms with E-state index in [4.69, 9.17) is 9.47 Å². The summed E-state index contributed by atoms with van der Waals surface area (Å²) in [4.78, 5) is 18.3. The Bertz CT molecular complexity index is 807.